The molecule has 0 bridgehead atoms. The highest BCUT2D eigenvalue weighted by molar-refractivity contribution is 5.92. The number of nitrogens with zero attached hydrogens (tertiary/aromatic N) is 3. The van der Waals surface area contributed by atoms with Crippen LogP contribution in [0.2, 0.25) is 0 Å². The fraction of sp³-hybridized carbons (Fsp3) is 0.450. The molecule has 0 spiro atoms. The molecular weight excluding hydrogens is 422 g/mol. The Labute approximate surface area is 185 Å². The Hall–Kier alpha value is -3.51. The lowest BCUT2D eigenvalue weighted by Crippen LogP contribution is -2.36. The van der Waals surface area contributed by atoms with E-state index >= 15 is 0 Å². The average Bonchev–Trinajstić information content (AvgIpc) is 3.25. The van der Waals surface area contributed by atoms with E-state index in [1.807, 2.05) is 0 Å². The van der Waals surface area contributed by atoms with Crippen LogP contribution in [0.1, 0.15) is 29.2 Å². The summed E-state index contributed by atoms with van der Waals surface area (Å²) in [6.45, 7) is 1.79. The number of carbonyl (C=O) groups excluding carboxylic acids is 2. The third-order valence-corrected chi connectivity index (χ3v) is 4.31. The van der Waals surface area contributed by atoms with Gasteiger partial charge in [-0.25, -0.2) is 9.78 Å². The highest BCUT2D eigenvalue weighted by Gasteiger charge is 2.19. The quantitative estimate of drug-likeness (QED) is 0.269. The van der Waals surface area contributed by atoms with E-state index in [-0.39, 0.29) is 29.7 Å². The number of non-ortho nitro benzene ring substituents is 1. The number of carbonyl (C=O) groups is 2. The largest absolute Gasteiger partial charge is 0.446 e. The Bertz CT molecular complexity index is 885. The summed E-state index contributed by atoms with van der Waals surface area (Å²) in [4.78, 5) is 40.8. The molecule has 12 nitrogen and oxygen atoms in total. The van der Waals surface area contributed by atoms with Gasteiger partial charge in [0.15, 0.2) is 5.69 Å². The van der Waals surface area contributed by atoms with E-state index in [2.05, 4.69) is 15.6 Å². The molecule has 2 N–H and O–H groups in total. The molecule has 0 aliphatic carbocycles. The molecule has 0 saturated heterocycles. The molecule has 0 aliphatic rings. The number of benzene rings is 1. The van der Waals surface area contributed by atoms with Crippen LogP contribution >= 0.6 is 0 Å². The number of aromatic nitrogens is 1. The lowest BCUT2D eigenvalue weighted by molar-refractivity contribution is -0.384. The zero-order valence-corrected chi connectivity index (χ0v) is 18.0. The van der Waals surface area contributed by atoms with Crippen LogP contribution in [0.4, 0.5) is 16.2 Å². The molecule has 0 fully saturated rings. The normalized spacial score (nSPS) is 10.6. The summed E-state index contributed by atoms with van der Waals surface area (Å²) in [6, 6.07) is 5.05. The molecule has 3 amide bonds. The number of hydrogen-bond acceptors (Lipinski definition) is 8. The Kier molecular flexibility index (Phi) is 10.1. The number of hydrogen-bond donors (Lipinski definition) is 2. The van der Waals surface area contributed by atoms with Crippen molar-refractivity contribution in [3.8, 4) is 0 Å². The molecule has 0 radical (unpaired) electrons. The Balaban J connectivity index is 2.00. The second-order valence-electron chi connectivity index (χ2n) is 6.73. The molecule has 174 valence electrons. The molecule has 0 aliphatic heterocycles. The Morgan fingerprint density at radius 3 is 2.50 bits per heavy atom. The fourth-order valence-corrected chi connectivity index (χ4v) is 2.68. The van der Waals surface area contributed by atoms with Crippen molar-refractivity contribution >= 4 is 23.3 Å². The third kappa shape index (κ3) is 7.96. The molecule has 0 saturated carbocycles. The number of amides is 3. The summed E-state index contributed by atoms with van der Waals surface area (Å²) >= 11 is 0. The average molecular weight is 449 g/mol. The van der Waals surface area contributed by atoms with Crippen molar-refractivity contribution in [1.29, 1.82) is 0 Å². The molecule has 1 aromatic heterocycles. The second kappa shape index (κ2) is 13.0. The van der Waals surface area contributed by atoms with Gasteiger partial charge >= 0.3 is 6.03 Å². The molecule has 2 rings (SSSR count). The highest BCUT2D eigenvalue weighted by atomic mass is 16.6. The lowest BCUT2D eigenvalue weighted by atomic mass is 10.3. The molecule has 2 aromatic rings. The van der Waals surface area contributed by atoms with E-state index in [0.717, 1.165) is 0 Å². The molecule has 1 aromatic carbocycles. The number of methoxy groups -OCH3 is 2. The molecule has 0 unspecified atom stereocenters. The van der Waals surface area contributed by atoms with Gasteiger partial charge in [-0.2, -0.15) is 0 Å². The van der Waals surface area contributed by atoms with Gasteiger partial charge in [0.05, 0.1) is 11.5 Å². The first-order valence-corrected chi connectivity index (χ1v) is 9.95. The van der Waals surface area contributed by atoms with Gasteiger partial charge in [-0.1, -0.05) is 0 Å². The number of rotatable bonds is 13. The first-order valence-electron chi connectivity index (χ1n) is 9.95. The summed E-state index contributed by atoms with van der Waals surface area (Å²) < 4.78 is 15.3. The van der Waals surface area contributed by atoms with E-state index in [0.29, 0.717) is 44.8 Å². The lowest BCUT2D eigenvalue weighted by Gasteiger charge is -2.21. The van der Waals surface area contributed by atoms with Crippen LogP contribution in [0.25, 0.3) is 0 Å². The number of ether oxygens (including phenoxy) is 2. The minimum absolute atomic E-state index is 0.0273. The molecule has 32 heavy (non-hydrogen) atoms. The molecule has 1 heterocycles. The predicted octanol–water partition coefficient (Wildman–Crippen LogP) is 2.42. The van der Waals surface area contributed by atoms with E-state index in [9.17, 15) is 19.7 Å². The SMILES string of the molecule is COCCCNC(=O)c1coc(CN(CCCOC)C(=O)Nc2ccc([N+](=O)[O-])cc2)n1. The first-order chi connectivity index (χ1) is 15.4. The van der Waals surface area contributed by atoms with Crippen molar-refractivity contribution in [2.45, 2.75) is 19.4 Å². The number of urea groups is 1. The summed E-state index contributed by atoms with van der Waals surface area (Å²) in [5, 5.41) is 16.2. The predicted molar refractivity (Wildman–Crippen MR) is 114 cm³/mol. The smallest absolute Gasteiger partial charge is 0.322 e. The van der Waals surface area contributed by atoms with Gasteiger partial charge in [0.25, 0.3) is 11.6 Å². The van der Waals surface area contributed by atoms with Crippen molar-refractivity contribution in [2.75, 3.05) is 45.8 Å². The number of oxazole rings is 1. The van der Waals surface area contributed by atoms with Crippen LogP contribution in [0.15, 0.2) is 34.9 Å². The van der Waals surface area contributed by atoms with Crippen molar-refractivity contribution in [1.82, 2.24) is 15.2 Å². The van der Waals surface area contributed by atoms with Crippen LogP contribution in [0.5, 0.6) is 0 Å². The topological polar surface area (TPSA) is 149 Å². The number of nitro groups is 1. The zero-order chi connectivity index (χ0) is 23.3. The number of anilines is 1. The monoisotopic (exact) mass is 449 g/mol. The minimum atomic E-state index is -0.517. The summed E-state index contributed by atoms with van der Waals surface area (Å²) in [6.07, 6.45) is 2.48. The van der Waals surface area contributed by atoms with Gasteiger partial charge in [-0.05, 0) is 25.0 Å². The number of nitro benzene ring substituents is 1. The van der Waals surface area contributed by atoms with Crippen LogP contribution in [-0.4, -0.2) is 67.3 Å². The summed E-state index contributed by atoms with van der Waals surface area (Å²) in [7, 11) is 3.15. The maximum atomic E-state index is 12.8. The van der Waals surface area contributed by atoms with Gasteiger partial charge in [-0.3, -0.25) is 14.9 Å². The molecule has 12 heteroatoms. The van der Waals surface area contributed by atoms with Crippen LogP contribution < -0.4 is 10.6 Å². The Morgan fingerprint density at radius 1 is 1.16 bits per heavy atom. The summed E-state index contributed by atoms with van der Waals surface area (Å²) in [5.41, 5.74) is 0.443. The standard InChI is InChI=1S/C20H27N5O7/c1-30-11-3-9-21-19(26)17-14-32-18(23-17)13-24(10-4-12-31-2)20(27)22-15-5-7-16(8-6-15)25(28)29/h5-8,14H,3-4,9-13H2,1-2H3,(H,21,26)(H,22,27). The van der Waals surface area contributed by atoms with Crippen LogP contribution in [0, 0.1) is 10.1 Å². The van der Waals surface area contributed by atoms with E-state index in [1.54, 1.807) is 14.2 Å². The highest BCUT2D eigenvalue weighted by Crippen LogP contribution is 2.16. The van der Waals surface area contributed by atoms with Crippen molar-refractivity contribution in [3.05, 3.63) is 52.2 Å². The second-order valence-corrected chi connectivity index (χ2v) is 6.73. The van der Waals surface area contributed by atoms with Gasteiger partial charge < -0.3 is 29.4 Å². The van der Waals surface area contributed by atoms with Gasteiger partial charge in [0.2, 0.25) is 5.89 Å². The van der Waals surface area contributed by atoms with Crippen molar-refractivity contribution in [3.63, 3.8) is 0 Å². The van der Waals surface area contributed by atoms with E-state index < -0.39 is 11.0 Å². The van der Waals surface area contributed by atoms with E-state index in [4.69, 9.17) is 13.9 Å². The fourth-order valence-electron chi connectivity index (χ4n) is 2.68. The van der Waals surface area contributed by atoms with Crippen LogP contribution in [-0.2, 0) is 16.0 Å². The summed E-state index contributed by atoms with van der Waals surface area (Å²) in [5.74, 6) is -0.180. The van der Waals surface area contributed by atoms with Crippen LogP contribution in [0.3, 0.4) is 0 Å². The maximum absolute atomic E-state index is 12.8. The molecule has 0 atom stereocenters. The maximum Gasteiger partial charge on any atom is 0.322 e. The Morgan fingerprint density at radius 2 is 1.84 bits per heavy atom. The molecular formula is C20H27N5O7. The third-order valence-electron chi connectivity index (χ3n) is 4.31. The first kappa shape index (κ1) is 24.8. The minimum Gasteiger partial charge on any atom is -0.446 e. The van der Waals surface area contributed by atoms with Gasteiger partial charge in [0.1, 0.15) is 6.26 Å². The van der Waals surface area contributed by atoms with E-state index in [1.165, 1.54) is 35.4 Å². The zero-order valence-electron chi connectivity index (χ0n) is 18.0. The van der Waals surface area contributed by atoms with Gasteiger partial charge in [0, 0.05) is 58.3 Å². The van der Waals surface area contributed by atoms with Gasteiger partial charge in [-0.15, -0.1) is 0 Å². The van der Waals surface area contributed by atoms with Crippen molar-refractivity contribution in [2.24, 2.45) is 0 Å². The van der Waals surface area contributed by atoms with Crippen molar-refractivity contribution < 1.29 is 28.4 Å². The number of nitrogens with one attached hydrogen (secondary N) is 2.